The lowest BCUT2D eigenvalue weighted by molar-refractivity contribution is -0.123. The predicted octanol–water partition coefficient (Wildman–Crippen LogP) is 0.279. The molecule has 0 radical (unpaired) electrons. The molecular formula is C17H26N4O2. The van der Waals surface area contributed by atoms with E-state index in [0.29, 0.717) is 26.2 Å². The zero-order valence-corrected chi connectivity index (χ0v) is 13.8. The van der Waals surface area contributed by atoms with E-state index < -0.39 is 0 Å². The van der Waals surface area contributed by atoms with Gasteiger partial charge in [-0.25, -0.2) is 0 Å². The maximum Gasteiger partial charge on any atom is 0.236 e. The summed E-state index contributed by atoms with van der Waals surface area (Å²) < 4.78 is 0. The fraction of sp³-hybridized carbons (Fsp3) is 0.529. The Hall–Kier alpha value is -1.92. The lowest BCUT2D eigenvalue weighted by Gasteiger charge is -2.17. The summed E-state index contributed by atoms with van der Waals surface area (Å²) in [5.41, 5.74) is 2.24. The smallest absolute Gasteiger partial charge is 0.236 e. The molecule has 6 nitrogen and oxygen atoms in total. The quantitative estimate of drug-likeness (QED) is 0.554. The number of nitrogens with one attached hydrogen (secondary N) is 4. The van der Waals surface area contributed by atoms with Crippen LogP contribution in [0, 0.1) is 0 Å². The molecule has 6 heteroatoms. The molecule has 0 aliphatic carbocycles. The first kappa shape index (κ1) is 17.4. The Morgan fingerprint density at radius 2 is 1.35 bits per heavy atom. The molecule has 1 heterocycles. The molecule has 2 amide bonds. The molecule has 0 fully saturated rings. The standard InChI is InChI=1S/C17H26N4O2/c1-12-16(22)18-7-4-8-19-17(23)13(2)21-11-15-6-3-5-14(9-15)10-20-12/h3,5-6,9,12-13,20-21H,4,7-8,10-11H2,1-2H3,(H,18,22)(H,19,23)/t12-,13?/m0/s1. The highest BCUT2D eigenvalue weighted by Crippen LogP contribution is 2.06. The van der Waals surface area contributed by atoms with Crippen LogP contribution in [0.25, 0.3) is 0 Å². The van der Waals surface area contributed by atoms with E-state index in [-0.39, 0.29) is 23.9 Å². The van der Waals surface area contributed by atoms with E-state index in [2.05, 4.69) is 27.3 Å². The summed E-state index contributed by atoms with van der Waals surface area (Å²) in [6, 6.07) is 7.63. The van der Waals surface area contributed by atoms with E-state index in [4.69, 9.17) is 0 Å². The van der Waals surface area contributed by atoms with Gasteiger partial charge >= 0.3 is 0 Å². The third-order valence-electron chi connectivity index (χ3n) is 3.95. The first-order chi connectivity index (χ1) is 11.1. The van der Waals surface area contributed by atoms with Gasteiger partial charge in [-0.15, -0.1) is 0 Å². The Labute approximate surface area is 137 Å². The second kappa shape index (κ2) is 8.64. The summed E-state index contributed by atoms with van der Waals surface area (Å²) in [5, 5.41) is 12.2. The van der Waals surface area contributed by atoms with Gasteiger partial charge in [0, 0.05) is 26.2 Å². The van der Waals surface area contributed by atoms with Crippen LogP contribution in [-0.2, 0) is 22.7 Å². The number of rotatable bonds is 0. The van der Waals surface area contributed by atoms with E-state index >= 15 is 0 Å². The van der Waals surface area contributed by atoms with E-state index in [1.165, 1.54) is 0 Å². The van der Waals surface area contributed by atoms with Crippen LogP contribution in [-0.4, -0.2) is 37.0 Å². The topological polar surface area (TPSA) is 82.3 Å². The van der Waals surface area contributed by atoms with Crippen molar-refractivity contribution in [3.8, 4) is 0 Å². The molecule has 2 rings (SSSR count). The average molecular weight is 318 g/mol. The zero-order valence-electron chi connectivity index (χ0n) is 13.8. The normalized spacial score (nSPS) is 24.6. The minimum atomic E-state index is -0.251. The lowest BCUT2D eigenvalue weighted by atomic mass is 10.1. The van der Waals surface area contributed by atoms with E-state index in [9.17, 15) is 9.59 Å². The number of hydrogen-bond acceptors (Lipinski definition) is 4. The Morgan fingerprint density at radius 3 is 1.83 bits per heavy atom. The molecule has 0 spiro atoms. The van der Waals surface area contributed by atoms with Crippen molar-refractivity contribution in [2.24, 2.45) is 0 Å². The largest absolute Gasteiger partial charge is 0.355 e. The maximum atomic E-state index is 12.0. The van der Waals surface area contributed by atoms with Gasteiger partial charge in [-0.3, -0.25) is 9.59 Å². The van der Waals surface area contributed by atoms with Crippen molar-refractivity contribution in [2.75, 3.05) is 13.1 Å². The molecule has 1 aromatic rings. The van der Waals surface area contributed by atoms with Gasteiger partial charge in [-0.1, -0.05) is 24.3 Å². The van der Waals surface area contributed by atoms with Gasteiger partial charge in [0.2, 0.25) is 11.8 Å². The molecule has 0 aromatic heterocycles. The monoisotopic (exact) mass is 318 g/mol. The molecule has 4 N–H and O–H groups in total. The fourth-order valence-corrected chi connectivity index (χ4v) is 2.39. The van der Waals surface area contributed by atoms with Crippen LogP contribution >= 0.6 is 0 Å². The minimum absolute atomic E-state index is 0.0189. The SMILES string of the molecule is CC1NCc2cccc(c2)CN[C@@H](C)C(=O)NCCCNC1=O. The summed E-state index contributed by atoms with van der Waals surface area (Å²) in [7, 11) is 0. The third kappa shape index (κ3) is 5.65. The van der Waals surface area contributed by atoms with Gasteiger partial charge in [0.25, 0.3) is 0 Å². The maximum absolute atomic E-state index is 12.0. The Morgan fingerprint density at radius 1 is 0.870 bits per heavy atom. The van der Waals surface area contributed by atoms with Crippen LogP contribution in [0.3, 0.4) is 0 Å². The van der Waals surface area contributed by atoms with Crippen LogP contribution in [0.15, 0.2) is 24.3 Å². The number of carbonyl (C=O) groups is 2. The summed E-state index contributed by atoms with van der Waals surface area (Å²) in [6.07, 6.45) is 0.718. The molecule has 126 valence electrons. The van der Waals surface area contributed by atoms with Gasteiger partial charge in [-0.2, -0.15) is 0 Å². The summed E-state index contributed by atoms with van der Waals surface area (Å²) in [4.78, 5) is 24.0. The number of benzene rings is 1. The van der Waals surface area contributed by atoms with Crippen molar-refractivity contribution in [3.63, 3.8) is 0 Å². The van der Waals surface area contributed by atoms with Crippen molar-refractivity contribution in [2.45, 2.75) is 45.4 Å². The minimum Gasteiger partial charge on any atom is -0.355 e. The van der Waals surface area contributed by atoms with Crippen molar-refractivity contribution in [3.05, 3.63) is 35.4 Å². The summed E-state index contributed by atoms with van der Waals surface area (Å²) in [5.74, 6) is -0.0378. The van der Waals surface area contributed by atoms with Crippen LogP contribution in [0.5, 0.6) is 0 Å². The molecular weight excluding hydrogens is 292 g/mol. The third-order valence-corrected chi connectivity index (χ3v) is 3.95. The van der Waals surface area contributed by atoms with Crippen molar-refractivity contribution < 1.29 is 9.59 Å². The molecule has 1 aliphatic rings. The summed E-state index contributed by atoms with van der Waals surface area (Å²) >= 11 is 0. The average Bonchev–Trinajstić information content (AvgIpc) is 2.56. The molecule has 2 bridgehead atoms. The first-order valence-corrected chi connectivity index (χ1v) is 8.16. The highest BCUT2D eigenvalue weighted by molar-refractivity contribution is 5.81. The van der Waals surface area contributed by atoms with Crippen LogP contribution in [0.1, 0.15) is 31.4 Å². The molecule has 2 atom stereocenters. The van der Waals surface area contributed by atoms with Gasteiger partial charge < -0.3 is 21.3 Å². The summed E-state index contributed by atoms with van der Waals surface area (Å²) in [6.45, 7) is 6.10. The number of fused-ring (bicyclic) bond motifs is 2. The van der Waals surface area contributed by atoms with Gasteiger partial charge in [-0.05, 0) is 31.4 Å². The molecule has 23 heavy (non-hydrogen) atoms. The van der Waals surface area contributed by atoms with Crippen molar-refractivity contribution >= 4 is 11.8 Å². The second-order valence-electron chi connectivity index (χ2n) is 5.96. The molecule has 1 aromatic carbocycles. The lowest BCUT2D eigenvalue weighted by Crippen LogP contribution is -2.44. The Bertz CT molecular complexity index is 504. The van der Waals surface area contributed by atoms with Gasteiger partial charge in [0.15, 0.2) is 0 Å². The van der Waals surface area contributed by atoms with E-state index in [1.807, 2.05) is 32.0 Å². The Kier molecular flexibility index (Phi) is 6.55. The molecule has 0 saturated heterocycles. The van der Waals surface area contributed by atoms with E-state index in [0.717, 1.165) is 17.5 Å². The molecule has 0 saturated carbocycles. The van der Waals surface area contributed by atoms with Crippen LogP contribution in [0.4, 0.5) is 0 Å². The van der Waals surface area contributed by atoms with Crippen LogP contribution < -0.4 is 21.3 Å². The zero-order chi connectivity index (χ0) is 16.7. The highest BCUT2D eigenvalue weighted by Gasteiger charge is 2.14. The fourth-order valence-electron chi connectivity index (χ4n) is 2.39. The predicted molar refractivity (Wildman–Crippen MR) is 89.7 cm³/mol. The number of hydrogen-bond donors (Lipinski definition) is 4. The second-order valence-corrected chi connectivity index (χ2v) is 5.96. The van der Waals surface area contributed by atoms with Crippen molar-refractivity contribution in [1.29, 1.82) is 0 Å². The van der Waals surface area contributed by atoms with Crippen molar-refractivity contribution in [1.82, 2.24) is 21.3 Å². The molecule has 1 aliphatic heterocycles. The first-order valence-electron chi connectivity index (χ1n) is 8.16. The number of amides is 2. The van der Waals surface area contributed by atoms with E-state index in [1.54, 1.807) is 0 Å². The van der Waals surface area contributed by atoms with Gasteiger partial charge in [0.1, 0.15) is 0 Å². The number of carbonyl (C=O) groups excluding carboxylic acids is 2. The Balaban J connectivity index is 2.06. The molecule has 1 unspecified atom stereocenters. The van der Waals surface area contributed by atoms with Crippen LogP contribution in [0.2, 0.25) is 0 Å². The highest BCUT2D eigenvalue weighted by atomic mass is 16.2. The van der Waals surface area contributed by atoms with Gasteiger partial charge in [0.05, 0.1) is 12.1 Å².